The molecule has 2 aromatic rings. The molecule has 0 aliphatic heterocycles. The molecule has 0 radical (unpaired) electrons. The molecule has 1 aromatic heterocycles. The first-order valence-corrected chi connectivity index (χ1v) is 5.46. The zero-order valence-electron chi connectivity index (χ0n) is 9.67. The lowest BCUT2D eigenvalue weighted by molar-refractivity contribution is -0.384. The minimum absolute atomic E-state index is 0.0315. The Hall–Kier alpha value is -2.50. The van der Waals surface area contributed by atoms with Gasteiger partial charge in [-0.1, -0.05) is 6.08 Å². The highest BCUT2D eigenvalue weighted by Gasteiger charge is 2.10. The van der Waals surface area contributed by atoms with Crippen molar-refractivity contribution in [3.8, 4) is 0 Å². The second kappa shape index (κ2) is 5.22. The molecule has 0 unspecified atom stereocenters. The summed E-state index contributed by atoms with van der Waals surface area (Å²) in [6.07, 6.45) is 4.02. The number of hydrogen-bond donors (Lipinski definition) is 1. The van der Waals surface area contributed by atoms with Crippen molar-refractivity contribution in [3.63, 3.8) is 0 Å². The van der Waals surface area contributed by atoms with E-state index in [0.29, 0.717) is 23.3 Å². The van der Waals surface area contributed by atoms with Gasteiger partial charge >= 0.3 is 0 Å². The van der Waals surface area contributed by atoms with Gasteiger partial charge in [-0.2, -0.15) is 0 Å². The smallest absolute Gasteiger partial charge is 0.270 e. The van der Waals surface area contributed by atoms with Crippen molar-refractivity contribution in [3.05, 3.63) is 47.3 Å². The van der Waals surface area contributed by atoms with Crippen molar-refractivity contribution in [2.45, 2.75) is 6.42 Å². The third-order valence-electron chi connectivity index (χ3n) is 2.47. The number of aromatic nitrogens is 2. The van der Waals surface area contributed by atoms with E-state index < -0.39 is 4.92 Å². The van der Waals surface area contributed by atoms with E-state index in [1.807, 2.05) is 0 Å². The molecule has 0 amide bonds. The Morgan fingerprint density at radius 2 is 2.28 bits per heavy atom. The average molecular weight is 244 g/mol. The summed E-state index contributed by atoms with van der Waals surface area (Å²) in [7, 11) is 0. The first-order valence-electron chi connectivity index (χ1n) is 5.46. The van der Waals surface area contributed by atoms with E-state index in [-0.39, 0.29) is 5.69 Å². The highest BCUT2D eigenvalue weighted by atomic mass is 16.6. The Balaban J connectivity index is 2.41. The lowest BCUT2D eigenvalue weighted by Gasteiger charge is -2.06. The topological polar surface area (TPSA) is 81.0 Å². The summed E-state index contributed by atoms with van der Waals surface area (Å²) in [5.41, 5.74) is 0.709. The van der Waals surface area contributed by atoms with Crippen LogP contribution in [-0.4, -0.2) is 21.4 Å². The van der Waals surface area contributed by atoms with E-state index >= 15 is 0 Å². The predicted octanol–water partition coefficient (Wildman–Crippen LogP) is 2.53. The fraction of sp³-hybridized carbons (Fsp3) is 0.167. The molecular formula is C12H12N4O2. The molecule has 1 heterocycles. The molecule has 0 saturated heterocycles. The van der Waals surface area contributed by atoms with Gasteiger partial charge in [-0.3, -0.25) is 10.1 Å². The van der Waals surface area contributed by atoms with E-state index in [9.17, 15) is 10.1 Å². The maximum Gasteiger partial charge on any atom is 0.270 e. The molecule has 0 atom stereocenters. The summed E-state index contributed by atoms with van der Waals surface area (Å²) in [5.74, 6) is 0.602. The van der Waals surface area contributed by atoms with Crippen molar-refractivity contribution in [2.24, 2.45) is 0 Å². The SMILES string of the molecule is C=CCCNc1ncnc2ccc([N+](=O)[O-])cc12. The van der Waals surface area contributed by atoms with Crippen molar-refractivity contribution >= 4 is 22.4 Å². The third kappa shape index (κ3) is 2.42. The monoisotopic (exact) mass is 244 g/mol. The van der Waals surface area contributed by atoms with Gasteiger partial charge < -0.3 is 5.32 Å². The second-order valence-electron chi connectivity index (χ2n) is 3.68. The number of hydrogen-bond acceptors (Lipinski definition) is 5. The number of nitrogens with zero attached hydrogens (tertiary/aromatic N) is 3. The van der Waals surface area contributed by atoms with Gasteiger partial charge in [-0.15, -0.1) is 6.58 Å². The van der Waals surface area contributed by atoms with Crippen LogP contribution in [0.2, 0.25) is 0 Å². The number of anilines is 1. The minimum Gasteiger partial charge on any atom is -0.369 e. The van der Waals surface area contributed by atoms with Crippen LogP contribution < -0.4 is 5.32 Å². The molecule has 0 aliphatic rings. The van der Waals surface area contributed by atoms with E-state index in [0.717, 1.165) is 6.42 Å². The van der Waals surface area contributed by atoms with Crippen LogP contribution in [0, 0.1) is 10.1 Å². The van der Waals surface area contributed by atoms with Gasteiger partial charge in [0.1, 0.15) is 12.1 Å². The molecule has 2 rings (SSSR count). The zero-order valence-corrected chi connectivity index (χ0v) is 9.67. The van der Waals surface area contributed by atoms with Gasteiger partial charge in [0, 0.05) is 24.1 Å². The standard InChI is InChI=1S/C12H12N4O2/c1-2-3-6-13-12-10-7-9(16(17)18)4-5-11(10)14-8-15-12/h2,4-5,7-8H,1,3,6H2,(H,13,14,15). The Morgan fingerprint density at radius 1 is 1.44 bits per heavy atom. The van der Waals surface area contributed by atoms with Gasteiger partial charge in [0.15, 0.2) is 0 Å². The molecule has 92 valence electrons. The van der Waals surface area contributed by atoms with Crippen LogP contribution in [0.5, 0.6) is 0 Å². The molecular weight excluding hydrogens is 232 g/mol. The lowest BCUT2D eigenvalue weighted by atomic mass is 10.2. The van der Waals surface area contributed by atoms with Gasteiger partial charge in [0.2, 0.25) is 0 Å². The number of non-ortho nitro benzene ring substituents is 1. The number of nitro benzene ring substituents is 1. The minimum atomic E-state index is -0.431. The van der Waals surface area contributed by atoms with Crippen molar-refractivity contribution in [1.29, 1.82) is 0 Å². The van der Waals surface area contributed by atoms with Crippen LogP contribution in [0.3, 0.4) is 0 Å². The summed E-state index contributed by atoms with van der Waals surface area (Å²) in [6.45, 7) is 4.31. The summed E-state index contributed by atoms with van der Waals surface area (Å²) in [5, 5.41) is 14.5. The van der Waals surface area contributed by atoms with Crippen LogP contribution in [-0.2, 0) is 0 Å². The first kappa shape index (κ1) is 12.0. The molecule has 6 heteroatoms. The summed E-state index contributed by atoms with van der Waals surface area (Å²) < 4.78 is 0. The van der Waals surface area contributed by atoms with Gasteiger partial charge in [-0.05, 0) is 12.5 Å². The molecule has 0 spiro atoms. The molecule has 0 aliphatic carbocycles. The number of benzene rings is 1. The molecule has 0 bridgehead atoms. The van der Waals surface area contributed by atoms with E-state index in [1.54, 1.807) is 12.1 Å². The zero-order chi connectivity index (χ0) is 13.0. The van der Waals surface area contributed by atoms with Crippen LogP contribution in [0.15, 0.2) is 37.2 Å². The fourth-order valence-electron chi connectivity index (χ4n) is 1.59. The van der Waals surface area contributed by atoms with Gasteiger partial charge in [0.05, 0.1) is 10.4 Å². The Morgan fingerprint density at radius 3 is 3.00 bits per heavy atom. The van der Waals surface area contributed by atoms with Crippen LogP contribution in [0.25, 0.3) is 10.9 Å². The average Bonchev–Trinajstić information content (AvgIpc) is 2.38. The number of nitrogens with one attached hydrogen (secondary N) is 1. The number of nitro groups is 1. The van der Waals surface area contributed by atoms with E-state index in [4.69, 9.17) is 0 Å². The Bertz CT molecular complexity index is 598. The van der Waals surface area contributed by atoms with Crippen LogP contribution >= 0.6 is 0 Å². The first-order chi connectivity index (χ1) is 8.72. The molecule has 6 nitrogen and oxygen atoms in total. The quantitative estimate of drug-likeness (QED) is 0.378. The van der Waals surface area contributed by atoms with E-state index in [2.05, 4.69) is 21.9 Å². The van der Waals surface area contributed by atoms with E-state index in [1.165, 1.54) is 18.5 Å². The third-order valence-corrected chi connectivity index (χ3v) is 2.47. The maximum absolute atomic E-state index is 10.7. The number of fused-ring (bicyclic) bond motifs is 1. The molecule has 0 fully saturated rings. The maximum atomic E-state index is 10.7. The van der Waals surface area contributed by atoms with Crippen molar-refractivity contribution in [2.75, 3.05) is 11.9 Å². The predicted molar refractivity (Wildman–Crippen MR) is 69.5 cm³/mol. The van der Waals surface area contributed by atoms with Crippen molar-refractivity contribution < 1.29 is 4.92 Å². The number of rotatable bonds is 5. The largest absolute Gasteiger partial charge is 0.369 e. The Labute approximate surface area is 104 Å². The normalized spacial score (nSPS) is 10.2. The molecule has 1 aromatic carbocycles. The summed E-state index contributed by atoms with van der Waals surface area (Å²) >= 11 is 0. The molecule has 1 N–H and O–H groups in total. The summed E-state index contributed by atoms with van der Waals surface area (Å²) in [6, 6.07) is 4.53. The van der Waals surface area contributed by atoms with Crippen LogP contribution in [0.1, 0.15) is 6.42 Å². The van der Waals surface area contributed by atoms with Crippen LogP contribution in [0.4, 0.5) is 11.5 Å². The molecule has 0 saturated carbocycles. The highest BCUT2D eigenvalue weighted by Crippen LogP contribution is 2.24. The van der Waals surface area contributed by atoms with Gasteiger partial charge in [0.25, 0.3) is 5.69 Å². The van der Waals surface area contributed by atoms with Crippen molar-refractivity contribution in [1.82, 2.24) is 9.97 Å². The molecule has 18 heavy (non-hydrogen) atoms. The Kier molecular flexibility index (Phi) is 3.47. The highest BCUT2D eigenvalue weighted by molar-refractivity contribution is 5.90. The summed E-state index contributed by atoms with van der Waals surface area (Å²) in [4.78, 5) is 18.5. The lowest BCUT2D eigenvalue weighted by Crippen LogP contribution is -2.03. The second-order valence-corrected chi connectivity index (χ2v) is 3.68. The van der Waals surface area contributed by atoms with Gasteiger partial charge in [-0.25, -0.2) is 9.97 Å². The fourth-order valence-corrected chi connectivity index (χ4v) is 1.59.